The van der Waals surface area contributed by atoms with Gasteiger partial charge in [-0.2, -0.15) is 5.48 Å². The molecule has 0 rings (SSSR count). The lowest BCUT2D eigenvalue weighted by Crippen LogP contribution is -2.24. The largest absolute Gasteiger partial charge is 0.481 e. The molecule has 0 bridgehead atoms. The second kappa shape index (κ2) is 5.11. The highest BCUT2D eigenvalue weighted by Gasteiger charge is 2.06. The van der Waals surface area contributed by atoms with Gasteiger partial charge in [0.05, 0.1) is 12.8 Å². The van der Waals surface area contributed by atoms with Gasteiger partial charge >= 0.3 is 11.9 Å². The zero-order valence-electron chi connectivity index (χ0n) is 6.49. The number of carboxylic acid groups (broad SMARTS) is 1. The van der Waals surface area contributed by atoms with Crippen LogP contribution in [0, 0.1) is 0 Å². The highest BCUT2D eigenvalue weighted by molar-refractivity contribution is 5.78. The molecule has 0 saturated heterocycles. The maximum atomic E-state index is 10.6. The van der Waals surface area contributed by atoms with Gasteiger partial charge in [-0.3, -0.25) is 9.59 Å². The van der Waals surface area contributed by atoms with E-state index in [2.05, 4.69) is 4.84 Å². The van der Waals surface area contributed by atoms with Crippen molar-refractivity contribution in [2.24, 2.45) is 0 Å². The molecule has 0 fully saturated rings. The van der Waals surface area contributed by atoms with E-state index in [-0.39, 0.29) is 12.8 Å². The Bertz CT molecular complexity index is 180. The lowest BCUT2D eigenvalue weighted by atomic mass is 10.3. The summed E-state index contributed by atoms with van der Waals surface area (Å²) in [5.41, 5.74) is 1.79. The zero-order valence-corrected chi connectivity index (χ0v) is 6.49. The Morgan fingerprint density at radius 1 is 1.33 bits per heavy atom. The minimum atomic E-state index is -1.09. The van der Waals surface area contributed by atoms with Crippen LogP contribution in [0.3, 0.4) is 0 Å². The third kappa shape index (κ3) is 6.53. The van der Waals surface area contributed by atoms with Crippen molar-refractivity contribution in [3.05, 3.63) is 0 Å². The van der Waals surface area contributed by atoms with Gasteiger partial charge in [0, 0.05) is 6.92 Å². The highest BCUT2D eigenvalue weighted by Crippen LogP contribution is 1.90. The van der Waals surface area contributed by atoms with Gasteiger partial charge in [0.15, 0.2) is 0 Å². The molecule has 0 aliphatic rings. The first-order chi connectivity index (χ1) is 5.52. The number of aliphatic carboxylic acids is 1. The maximum absolute atomic E-state index is 10.6. The Labute approximate surface area is 68.5 Å². The first kappa shape index (κ1) is 10.4. The molecule has 0 aliphatic carbocycles. The van der Waals surface area contributed by atoms with Crippen LogP contribution in [-0.4, -0.2) is 23.0 Å². The molecule has 0 aromatic heterocycles. The summed E-state index contributed by atoms with van der Waals surface area (Å²) in [6.07, 6.45) is -0.561. The van der Waals surface area contributed by atoms with E-state index in [9.17, 15) is 14.4 Å². The molecule has 68 valence electrons. The van der Waals surface area contributed by atoms with Gasteiger partial charge in [-0.15, -0.1) is 0 Å². The average molecular weight is 175 g/mol. The number of carboxylic acids is 1. The van der Waals surface area contributed by atoms with Gasteiger partial charge in [0.25, 0.3) is 0 Å². The molecule has 12 heavy (non-hydrogen) atoms. The Morgan fingerprint density at radius 3 is 2.33 bits per heavy atom. The summed E-state index contributed by atoms with van der Waals surface area (Å²) >= 11 is 0. The van der Waals surface area contributed by atoms with Crippen molar-refractivity contribution < 1.29 is 24.3 Å². The first-order valence-corrected chi connectivity index (χ1v) is 3.20. The van der Waals surface area contributed by atoms with Crippen LogP contribution in [-0.2, 0) is 19.2 Å². The standard InChI is InChI=1S/C6H9NO5/c1-4(8)7-12-6(11)3-2-5(9)10/h2-3H2,1H3,(H,7,8)(H,9,10). The summed E-state index contributed by atoms with van der Waals surface area (Å²) < 4.78 is 0. The number of carbonyl (C=O) groups excluding carboxylic acids is 2. The molecule has 0 heterocycles. The summed E-state index contributed by atoms with van der Waals surface area (Å²) in [5, 5.41) is 8.14. The Balaban J connectivity index is 3.47. The van der Waals surface area contributed by atoms with Crippen molar-refractivity contribution in [2.75, 3.05) is 0 Å². The lowest BCUT2D eigenvalue weighted by molar-refractivity contribution is -0.158. The van der Waals surface area contributed by atoms with Crippen molar-refractivity contribution in [1.29, 1.82) is 0 Å². The fraction of sp³-hybridized carbons (Fsp3) is 0.500. The molecule has 6 heteroatoms. The summed E-state index contributed by atoms with van der Waals surface area (Å²) in [7, 11) is 0. The molecule has 0 aromatic carbocycles. The normalized spacial score (nSPS) is 8.75. The van der Waals surface area contributed by atoms with Crippen LogP contribution in [0.2, 0.25) is 0 Å². The predicted molar refractivity (Wildman–Crippen MR) is 36.8 cm³/mol. The van der Waals surface area contributed by atoms with E-state index in [0.29, 0.717) is 0 Å². The van der Waals surface area contributed by atoms with Crippen molar-refractivity contribution in [3.8, 4) is 0 Å². The van der Waals surface area contributed by atoms with Crippen molar-refractivity contribution in [2.45, 2.75) is 19.8 Å². The monoisotopic (exact) mass is 175 g/mol. The van der Waals surface area contributed by atoms with Crippen molar-refractivity contribution >= 4 is 17.8 Å². The molecule has 2 N–H and O–H groups in total. The summed E-state index contributed by atoms with van der Waals surface area (Å²) in [6, 6.07) is 0. The van der Waals surface area contributed by atoms with E-state index < -0.39 is 17.8 Å². The number of amides is 1. The van der Waals surface area contributed by atoms with E-state index in [1.807, 2.05) is 0 Å². The van der Waals surface area contributed by atoms with Crippen molar-refractivity contribution in [3.63, 3.8) is 0 Å². The second-order valence-corrected chi connectivity index (χ2v) is 2.03. The van der Waals surface area contributed by atoms with E-state index in [1.165, 1.54) is 6.92 Å². The molecule has 0 radical (unpaired) electrons. The van der Waals surface area contributed by atoms with Crippen molar-refractivity contribution in [1.82, 2.24) is 5.48 Å². The highest BCUT2D eigenvalue weighted by atomic mass is 16.7. The van der Waals surface area contributed by atoms with E-state index >= 15 is 0 Å². The molecule has 0 spiro atoms. The van der Waals surface area contributed by atoms with Gasteiger partial charge < -0.3 is 9.94 Å². The number of hydrogen-bond donors (Lipinski definition) is 2. The quantitative estimate of drug-likeness (QED) is 0.561. The zero-order chi connectivity index (χ0) is 9.56. The smallest absolute Gasteiger partial charge is 0.332 e. The molecule has 6 nitrogen and oxygen atoms in total. The molecular formula is C6H9NO5. The Hall–Kier alpha value is -1.59. The van der Waals surface area contributed by atoms with Crippen LogP contribution in [0.1, 0.15) is 19.8 Å². The number of carbonyl (C=O) groups is 3. The van der Waals surface area contributed by atoms with Crippen LogP contribution in [0.5, 0.6) is 0 Å². The molecule has 0 aromatic rings. The molecule has 0 atom stereocenters. The fourth-order valence-electron chi connectivity index (χ4n) is 0.389. The van der Waals surface area contributed by atoms with E-state index in [0.717, 1.165) is 0 Å². The SMILES string of the molecule is CC(=O)NOC(=O)CCC(=O)O. The van der Waals surface area contributed by atoms with Crippen LogP contribution >= 0.6 is 0 Å². The summed E-state index contributed by atoms with van der Waals surface area (Å²) in [4.78, 5) is 34.8. The molecule has 1 amide bonds. The van der Waals surface area contributed by atoms with Gasteiger partial charge in [-0.1, -0.05) is 0 Å². The van der Waals surface area contributed by atoms with Gasteiger partial charge in [0.1, 0.15) is 0 Å². The minimum absolute atomic E-state index is 0.254. The molecule has 0 unspecified atom stereocenters. The topological polar surface area (TPSA) is 92.7 Å². The third-order valence-corrected chi connectivity index (χ3v) is 0.852. The number of rotatable bonds is 3. The maximum Gasteiger partial charge on any atom is 0.332 e. The second-order valence-electron chi connectivity index (χ2n) is 2.03. The fourth-order valence-corrected chi connectivity index (χ4v) is 0.389. The van der Waals surface area contributed by atoms with Crippen LogP contribution < -0.4 is 5.48 Å². The third-order valence-electron chi connectivity index (χ3n) is 0.852. The van der Waals surface area contributed by atoms with Gasteiger partial charge in [-0.05, 0) is 0 Å². The van der Waals surface area contributed by atoms with Gasteiger partial charge in [0.2, 0.25) is 5.91 Å². The average Bonchev–Trinajstić information content (AvgIpc) is 1.96. The first-order valence-electron chi connectivity index (χ1n) is 3.20. The summed E-state index contributed by atoms with van der Waals surface area (Å²) in [5.74, 6) is -2.37. The lowest BCUT2D eigenvalue weighted by Gasteiger charge is -2.00. The van der Waals surface area contributed by atoms with Gasteiger partial charge in [-0.25, -0.2) is 4.79 Å². The molecule has 0 saturated carbocycles. The predicted octanol–water partition coefficient (Wildman–Crippen LogP) is -0.555. The molecule has 0 aliphatic heterocycles. The Kier molecular flexibility index (Phi) is 4.43. The van der Waals surface area contributed by atoms with Crippen LogP contribution in [0.4, 0.5) is 0 Å². The van der Waals surface area contributed by atoms with Crippen LogP contribution in [0.25, 0.3) is 0 Å². The number of hydroxylamine groups is 1. The summed E-state index contributed by atoms with van der Waals surface area (Å²) in [6.45, 7) is 1.17. The number of nitrogens with one attached hydrogen (secondary N) is 1. The van der Waals surface area contributed by atoms with E-state index in [1.54, 1.807) is 5.48 Å². The molecular weight excluding hydrogens is 166 g/mol. The van der Waals surface area contributed by atoms with E-state index in [4.69, 9.17) is 5.11 Å². The van der Waals surface area contributed by atoms with Crippen LogP contribution in [0.15, 0.2) is 0 Å². The Morgan fingerprint density at radius 2 is 1.92 bits per heavy atom. The number of hydrogen-bond acceptors (Lipinski definition) is 4. The minimum Gasteiger partial charge on any atom is -0.481 e.